The molecule has 0 saturated heterocycles. The zero-order chi connectivity index (χ0) is 16.3. The Bertz CT molecular complexity index is 347. The molecule has 114 valence electrons. The highest BCUT2D eigenvalue weighted by Crippen LogP contribution is 2.13. The van der Waals surface area contributed by atoms with E-state index in [0.717, 1.165) is 0 Å². The number of ketones is 2. The fourth-order valence-electron chi connectivity index (χ4n) is 1.47. The van der Waals surface area contributed by atoms with Gasteiger partial charge >= 0.3 is 0 Å². The monoisotopic (exact) mass is 278 g/mol. The fourth-order valence-corrected chi connectivity index (χ4v) is 1.47. The minimum atomic E-state index is -0.00773. The molecule has 1 aromatic rings. The number of carbonyl (C=O) groups is 2. The Labute approximate surface area is 124 Å². The SMILES string of the molecule is CC.CC.CC(C)C(=O)c1ccc(C(=O)C(C)C)cc1. The molecule has 0 bridgehead atoms. The van der Waals surface area contributed by atoms with Crippen LogP contribution in [0.1, 0.15) is 76.1 Å². The van der Waals surface area contributed by atoms with E-state index in [2.05, 4.69) is 0 Å². The summed E-state index contributed by atoms with van der Waals surface area (Å²) in [5.41, 5.74) is 1.35. The van der Waals surface area contributed by atoms with Crippen molar-refractivity contribution < 1.29 is 9.59 Å². The van der Waals surface area contributed by atoms with Crippen molar-refractivity contribution in [2.45, 2.75) is 55.4 Å². The van der Waals surface area contributed by atoms with Crippen molar-refractivity contribution >= 4 is 11.6 Å². The van der Waals surface area contributed by atoms with Crippen LogP contribution in [0.4, 0.5) is 0 Å². The smallest absolute Gasteiger partial charge is 0.165 e. The van der Waals surface area contributed by atoms with Crippen LogP contribution in [0, 0.1) is 11.8 Å². The lowest BCUT2D eigenvalue weighted by Gasteiger charge is -2.06. The number of hydrogen-bond donors (Lipinski definition) is 0. The molecule has 0 amide bonds. The van der Waals surface area contributed by atoms with Crippen LogP contribution in [-0.2, 0) is 0 Å². The summed E-state index contributed by atoms with van der Waals surface area (Å²) in [6, 6.07) is 6.94. The van der Waals surface area contributed by atoms with Gasteiger partial charge in [-0.15, -0.1) is 0 Å². The summed E-state index contributed by atoms with van der Waals surface area (Å²) in [6.45, 7) is 15.5. The highest BCUT2D eigenvalue weighted by atomic mass is 16.1. The first kappa shape index (κ1) is 20.9. The minimum Gasteiger partial charge on any atom is -0.294 e. The maximum atomic E-state index is 11.7. The van der Waals surface area contributed by atoms with E-state index in [1.807, 2.05) is 55.4 Å². The van der Waals surface area contributed by atoms with Crippen LogP contribution >= 0.6 is 0 Å². The normalized spacial score (nSPS) is 9.30. The second-order valence-electron chi connectivity index (χ2n) is 4.62. The molecule has 0 aliphatic heterocycles. The molecule has 0 saturated carbocycles. The van der Waals surface area contributed by atoms with Gasteiger partial charge in [-0.1, -0.05) is 79.7 Å². The first-order valence-electron chi connectivity index (χ1n) is 7.62. The second kappa shape index (κ2) is 11.4. The van der Waals surface area contributed by atoms with Gasteiger partial charge in [0.15, 0.2) is 11.6 Å². The van der Waals surface area contributed by atoms with Crippen LogP contribution < -0.4 is 0 Å². The lowest BCUT2D eigenvalue weighted by Crippen LogP contribution is -2.10. The van der Waals surface area contributed by atoms with E-state index in [9.17, 15) is 9.59 Å². The summed E-state index contributed by atoms with van der Waals surface area (Å²) in [5.74, 6) is 0.213. The van der Waals surface area contributed by atoms with E-state index in [-0.39, 0.29) is 23.4 Å². The van der Waals surface area contributed by atoms with Gasteiger partial charge in [-0.25, -0.2) is 0 Å². The Morgan fingerprint density at radius 1 is 0.650 bits per heavy atom. The van der Waals surface area contributed by atoms with E-state index >= 15 is 0 Å². The molecular weight excluding hydrogens is 248 g/mol. The van der Waals surface area contributed by atoms with Gasteiger partial charge in [0.1, 0.15) is 0 Å². The molecule has 0 aliphatic carbocycles. The van der Waals surface area contributed by atoms with E-state index in [4.69, 9.17) is 0 Å². The molecule has 0 heterocycles. The summed E-state index contributed by atoms with van der Waals surface area (Å²) in [5, 5.41) is 0. The van der Waals surface area contributed by atoms with E-state index < -0.39 is 0 Å². The molecule has 0 unspecified atom stereocenters. The molecular formula is C18H30O2. The van der Waals surface area contributed by atoms with E-state index in [1.165, 1.54) is 0 Å². The molecule has 2 nitrogen and oxygen atoms in total. The van der Waals surface area contributed by atoms with E-state index in [0.29, 0.717) is 11.1 Å². The summed E-state index contributed by atoms with van der Waals surface area (Å²) in [7, 11) is 0. The van der Waals surface area contributed by atoms with Crippen molar-refractivity contribution in [1.29, 1.82) is 0 Å². The number of benzene rings is 1. The lowest BCUT2D eigenvalue weighted by molar-refractivity contribution is 0.0928. The highest BCUT2D eigenvalue weighted by Gasteiger charge is 2.13. The zero-order valence-electron chi connectivity index (χ0n) is 14.3. The Kier molecular flexibility index (Phi) is 11.9. The summed E-state index contributed by atoms with van der Waals surface area (Å²) >= 11 is 0. The predicted molar refractivity (Wildman–Crippen MR) is 87.5 cm³/mol. The van der Waals surface area contributed by atoms with Crippen molar-refractivity contribution in [1.82, 2.24) is 0 Å². The molecule has 1 aromatic carbocycles. The van der Waals surface area contributed by atoms with Crippen molar-refractivity contribution in [3.8, 4) is 0 Å². The zero-order valence-corrected chi connectivity index (χ0v) is 14.3. The van der Waals surface area contributed by atoms with Crippen molar-refractivity contribution in [3.05, 3.63) is 35.4 Å². The Balaban J connectivity index is 0. The standard InChI is InChI=1S/C14H18O2.2C2H6/c1-9(2)13(15)11-5-7-12(8-6-11)14(16)10(3)4;2*1-2/h5-10H,1-4H3;2*1-2H3. The first-order chi connectivity index (χ1) is 9.43. The number of carbonyl (C=O) groups excluding carboxylic acids is 2. The summed E-state index contributed by atoms with van der Waals surface area (Å²) in [6.07, 6.45) is 0. The molecule has 0 aliphatic rings. The van der Waals surface area contributed by atoms with Gasteiger partial charge < -0.3 is 0 Å². The van der Waals surface area contributed by atoms with Crippen LogP contribution in [0.15, 0.2) is 24.3 Å². The molecule has 0 fully saturated rings. The number of hydrogen-bond acceptors (Lipinski definition) is 2. The average Bonchev–Trinajstić information content (AvgIpc) is 2.49. The minimum absolute atomic E-state index is 0.00773. The first-order valence-corrected chi connectivity index (χ1v) is 7.62. The van der Waals surface area contributed by atoms with Gasteiger partial charge in [0.25, 0.3) is 0 Å². The van der Waals surface area contributed by atoms with Crippen molar-refractivity contribution in [3.63, 3.8) is 0 Å². The van der Waals surface area contributed by atoms with Crippen molar-refractivity contribution in [2.75, 3.05) is 0 Å². The van der Waals surface area contributed by atoms with Crippen LogP contribution in [-0.4, -0.2) is 11.6 Å². The van der Waals surface area contributed by atoms with Crippen LogP contribution in [0.5, 0.6) is 0 Å². The average molecular weight is 278 g/mol. The molecule has 20 heavy (non-hydrogen) atoms. The second-order valence-corrected chi connectivity index (χ2v) is 4.62. The quantitative estimate of drug-likeness (QED) is 0.689. The van der Waals surface area contributed by atoms with Crippen molar-refractivity contribution in [2.24, 2.45) is 11.8 Å². The summed E-state index contributed by atoms with van der Waals surface area (Å²) in [4.78, 5) is 23.3. The van der Waals surface area contributed by atoms with Gasteiger partial charge in [0.05, 0.1) is 0 Å². The van der Waals surface area contributed by atoms with Gasteiger partial charge in [0, 0.05) is 23.0 Å². The lowest BCUT2D eigenvalue weighted by atomic mass is 9.96. The fraction of sp³-hybridized carbons (Fsp3) is 0.556. The molecule has 0 spiro atoms. The summed E-state index contributed by atoms with van der Waals surface area (Å²) < 4.78 is 0. The Morgan fingerprint density at radius 3 is 1.00 bits per heavy atom. The molecule has 1 rings (SSSR count). The maximum absolute atomic E-state index is 11.7. The van der Waals surface area contributed by atoms with Crippen LogP contribution in [0.3, 0.4) is 0 Å². The third kappa shape index (κ3) is 6.65. The molecule has 0 N–H and O–H groups in total. The topological polar surface area (TPSA) is 34.1 Å². The number of rotatable bonds is 4. The van der Waals surface area contributed by atoms with Crippen LogP contribution in [0.2, 0.25) is 0 Å². The highest BCUT2D eigenvalue weighted by molar-refractivity contribution is 6.00. The van der Waals surface area contributed by atoms with Crippen LogP contribution in [0.25, 0.3) is 0 Å². The number of Topliss-reactive ketones (excluding diaryl/α,β-unsaturated/α-hetero) is 2. The third-order valence-corrected chi connectivity index (χ3v) is 2.50. The Hall–Kier alpha value is -1.44. The largest absolute Gasteiger partial charge is 0.294 e. The molecule has 2 heteroatoms. The van der Waals surface area contributed by atoms with Gasteiger partial charge in [-0.05, 0) is 0 Å². The van der Waals surface area contributed by atoms with Gasteiger partial charge in [-0.3, -0.25) is 9.59 Å². The molecule has 0 aromatic heterocycles. The van der Waals surface area contributed by atoms with Gasteiger partial charge in [-0.2, -0.15) is 0 Å². The van der Waals surface area contributed by atoms with Gasteiger partial charge in [0.2, 0.25) is 0 Å². The molecule has 0 radical (unpaired) electrons. The third-order valence-electron chi connectivity index (χ3n) is 2.50. The van der Waals surface area contributed by atoms with E-state index in [1.54, 1.807) is 24.3 Å². The predicted octanol–water partition coefficient (Wildman–Crippen LogP) is 5.42. The maximum Gasteiger partial charge on any atom is 0.165 e. The Morgan fingerprint density at radius 2 is 0.850 bits per heavy atom. The molecule has 0 atom stereocenters.